The van der Waals surface area contributed by atoms with Crippen molar-refractivity contribution in [2.24, 2.45) is 23.0 Å². The molecule has 0 fully saturated rings. The van der Waals surface area contributed by atoms with Crippen LogP contribution in [0.1, 0.15) is 39.7 Å². The molecule has 0 aliphatic heterocycles. The van der Waals surface area contributed by atoms with Crippen molar-refractivity contribution < 1.29 is 0 Å². The second kappa shape index (κ2) is 6.92. The van der Waals surface area contributed by atoms with Gasteiger partial charge in [-0.2, -0.15) is 0 Å². The zero-order valence-electron chi connectivity index (χ0n) is 15.8. The van der Waals surface area contributed by atoms with Crippen LogP contribution in [-0.2, 0) is 0 Å². The van der Waals surface area contributed by atoms with Gasteiger partial charge < -0.3 is 5.73 Å². The number of rotatable bonds is 4. The molecule has 25 heavy (non-hydrogen) atoms. The van der Waals surface area contributed by atoms with Crippen LogP contribution in [0.15, 0.2) is 83.6 Å². The van der Waals surface area contributed by atoms with Gasteiger partial charge in [-0.15, -0.1) is 0 Å². The zero-order chi connectivity index (χ0) is 18.0. The van der Waals surface area contributed by atoms with Crippen molar-refractivity contribution in [1.29, 1.82) is 0 Å². The van der Waals surface area contributed by atoms with Crippen molar-refractivity contribution in [2.75, 3.05) is 0 Å². The smallest absolute Gasteiger partial charge is 0.0212 e. The van der Waals surface area contributed by atoms with Crippen LogP contribution < -0.4 is 5.73 Å². The fourth-order valence-corrected chi connectivity index (χ4v) is 3.86. The Labute approximate surface area is 152 Å². The Morgan fingerprint density at radius 3 is 2.32 bits per heavy atom. The Bertz CT molecular complexity index is 773. The maximum absolute atomic E-state index is 6.39. The Kier molecular flexibility index (Phi) is 4.85. The molecule has 130 valence electrons. The van der Waals surface area contributed by atoms with Gasteiger partial charge in [-0.3, -0.25) is 0 Å². The summed E-state index contributed by atoms with van der Waals surface area (Å²) in [4.78, 5) is 0. The Morgan fingerprint density at radius 1 is 1.04 bits per heavy atom. The van der Waals surface area contributed by atoms with Crippen molar-refractivity contribution in [3.05, 3.63) is 89.2 Å². The normalized spacial score (nSPS) is 22.8. The molecule has 1 atom stereocenters. The molecule has 0 amide bonds. The first-order chi connectivity index (χ1) is 11.9. The molecule has 0 heterocycles. The maximum Gasteiger partial charge on any atom is 0.0212 e. The maximum atomic E-state index is 6.39. The summed E-state index contributed by atoms with van der Waals surface area (Å²) in [6, 6.07) is 10.8. The highest BCUT2D eigenvalue weighted by atomic mass is 14.6. The van der Waals surface area contributed by atoms with Gasteiger partial charge in [0.25, 0.3) is 0 Å². The van der Waals surface area contributed by atoms with Crippen LogP contribution in [0.4, 0.5) is 0 Å². The van der Waals surface area contributed by atoms with E-state index in [-0.39, 0.29) is 11.3 Å². The Morgan fingerprint density at radius 2 is 1.68 bits per heavy atom. The Balaban J connectivity index is 2.06. The highest BCUT2D eigenvalue weighted by Crippen LogP contribution is 2.43. The SMILES string of the molecule is CC1=C(N)C(C)C(=C(CC(C)(C)C2C=CC=C2)c2ccccc2)C=C1. The van der Waals surface area contributed by atoms with Gasteiger partial charge in [0, 0.05) is 17.5 Å². The first-order valence-corrected chi connectivity index (χ1v) is 9.18. The lowest BCUT2D eigenvalue weighted by molar-refractivity contribution is 0.314. The lowest BCUT2D eigenvalue weighted by Crippen LogP contribution is -2.23. The molecule has 0 radical (unpaired) electrons. The van der Waals surface area contributed by atoms with Gasteiger partial charge >= 0.3 is 0 Å². The van der Waals surface area contributed by atoms with Gasteiger partial charge in [-0.25, -0.2) is 0 Å². The third-order valence-electron chi connectivity index (χ3n) is 5.65. The lowest BCUT2D eigenvalue weighted by Gasteiger charge is -2.33. The molecule has 3 rings (SSSR count). The largest absolute Gasteiger partial charge is 0.401 e. The average molecular weight is 332 g/mol. The Hall–Kier alpha value is -2.28. The standard InChI is InChI=1S/C24H29N/c1-17-14-15-21(18(2)23(17)25)22(19-10-6-5-7-11-19)16-24(3,4)20-12-8-9-13-20/h5-15,18,20H,16,25H2,1-4H3. The van der Waals surface area contributed by atoms with Gasteiger partial charge in [0.05, 0.1) is 0 Å². The van der Waals surface area contributed by atoms with E-state index in [1.54, 1.807) is 0 Å². The fourth-order valence-electron chi connectivity index (χ4n) is 3.86. The molecule has 1 nitrogen and oxygen atoms in total. The van der Waals surface area contributed by atoms with Crippen LogP contribution in [0, 0.1) is 17.3 Å². The number of hydrogen-bond donors (Lipinski definition) is 1. The molecule has 1 heteroatoms. The molecular weight excluding hydrogens is 302 g/mol. The third kappa shape index (κ3) is 3.56. The topological polar surface area (TPSA) is 26.0 Å². The molecule has 1 aromatic rings. The molecule has 1 unspecified atom stereocenters. The van der Waals surface area contributed by atoms with Crippen molar-refractivity contribution in [1.82, 2.24) is 0 Å². The van der Waals surface area contributed by atoms with Gasteiger partial charge in [-0.1, -0.05) is 87.6 Å². The molecule has 1 aromatic carbocycles. The molecule has 2 aliphatic carbocycles. The lowest BCUT2D eigenvalue weighted by atomic mass is 9.71. The van der Waals surface area contributed by atoms with Crippen molar-refractivity contribution in [2.45, 2.75) is 34.1 Å². The summed E-state index contributed by atoms with van der Waals surface area (Å²) in [7, 11) is 0. The summed E-state index contributed by atoms with van der Waals surface area (Å²) in [5.41, 5.74) is 12.8. The summed E-state index contributed by atoms with van der Waals surface area (Å²) in [6.45, 7) is 9.05. The summed E-state index contributed by atoms with van der Waals surface area (Å²) >= 11 is 0. The van der Waals surface area contributed by atoms with E-state index in [2.05, 4.69) is 94.5 Å². The van der Waals surface area contributed by atoms with E-state index in [0.29, 0.717) is 5.92 Å². The number of hydrogen-bond acceptors (Lipinski definition) is 1. The fraction of sp³-hybridized carbons (Fsp3) is 0.333. The van der Waals surface area contributed by atoms with Crippen LogP contribution in [0.2, 0.25) is 0 Å². The second-order valence-electron chi connectivity index (χ2n) is 7.95. The van der Waals surface area contributed by atoms with Gasteiger partial charge in [0.15, 0.2) is 0 Å². The van der Waals surface area contributed by atoms with Crippen LogP contribution >= 0.6 is 0 Å². The van der Waals surface area contributed by atoms with Gasteiger partial charge in [0.1, 0.15) is 0 Å². The van der Waals surface area contributed by atoms with E-state index >= 15 is 0 Å². The molecule has 0 saturated carbocycles. The number of benzene rings is 1. The predicted octanol–water partition coefficient (Wildman–Crippen LogP) is 6.04. The van der Waals surface area contributed by atoms with Gasteiger partial charge in [-0.05, 0) is 41.0 Å². The van der Waals surface area contributed by atoms with Crippen molar-refractivity contribution >= 4 is 5.57 Å². The molecule has 0 saturated heterocycles. The minimum absolute atomic E-state index is 0.153. The first-order valence-electron chi connectivity index (χ1n) is 9.18. The van der Waals surface area contributed by atoms with Gasteiger partial charge in [0.2, 0.25) is 0 Å². The van der Waals surface area contributed by atoms with E-state index in [4.69, 9.17) is 5.73 Å². The van der Waals surface area contributed by atoms with E-state index in [1.807, 2.05) is 0 Å². The second-order valence-corrected chi connectivity index (χ2v) is 7.95. The van der Waals surface area contributed by atoms with Crippen LogP contribution in [-0.4, -0.2) is 0 Å². The molecule has 0 aromatic heterocycles. The summed E-state index contributed by atoms with van der Waals surface area (Å²) < 4.78 is 0. The van der Waals surface area contributed by atoms with Crippen LogP contribution in [0.5, 0.6) is 0 Å². The molecule has 0 spiro atoms. The van der Waals surface area contributed by atoms with Crippen LogP contribution in [0.3, 0.4) is 0 Å². The molecular formula is C24H29N. The van der Waals surface area contributed by atoms with Crippen molar-refractivity contribution in [3.8, 4) is 0 Å². The monoisotopic (exact) mass is 331 g/mol. The average Bonchev–Trinajstić information content (AvgIpc) is 3.15. The quantitative estimate of drug-likeness (QED) is 0.715. The van der Waals surface area contributed by atoms with Crippen molar-refractivity contribution in [3.63, 3.8) is 0 Å². The third-order valence-corrected chi connectivity index (χ3v) is 5.65. The number of allylic oxidation sites excluding steroid dienone is 9. The van der Waals surface area contributed by atoms with Crippen LogP contribution in [0.25, 0.3) is 5.57 Å². The zero-order valence-corrected chi connectivity index (χ0v) is 15.8. The summed E-state index contributed by atoms with van der Waals surface area (Å²) in [5.74, 6) is 0.731. The van der Waals surface area contributed by atoms with E-state index in [9.17, 15) is 0 Å². The first kappa shape index (κ1) is 17.5. The summed E-state index contributed by atoms with van der Waals surface area (Å²) in [6.07, 6.45) is 14.4. The molecule has 2 N–H and O–H groups in total. The van der Waals surface area contributed by atoms with E-state index in [1.165, 1.54) is 22.3 Å². The minimum atomic E-state index is 0.153. The number of nitrogens with two attached hydrogens (primary N) is 1. The molecule has 0 bridgehead atoms. The minimum Gasteiger partial charge on any atom is -0.401 e. The highest BCUT2D eigenvalue weighted by molar-refractivity contribution is 5.73. The molecule has 2 aliphatic rings. The van der Waals surface area contributed by atoms with E-state index in [0.717, 1.165) is 12.1 Å². The summed E-state index contributed by atoms with van der Waals surface area (Å²) in [5, 5.41) is 0. The highest BCUT2D eigenvalue weighted by Gasteiger charge is 2.30. The predicted molar refractivity (Wildman–Crippen MR) is 109 cm³/mol. The van der Waals surface area contributed by atoms with E-state index < -0.39 is 0 Å².